The highest BCUT2D eigenvalue weighted by Crippen LogP contribution is 2.38. The SMILES string of the molecule is COc1ccc(C(c2ccc(-c3ccccc3)cc2)N2CCCCC2C(=O)O)cc1OC. The highest BCUT2D eigenvalue weighted by molar-refractivity contribution is 5.74. The fourth-order valence-corrected chi connectivity index (χ4v) is 4.61. The minimum Gasteiger partial charge on any atom is -0.493 e. The second-order valence-electron chi connectivity index (χ2n) is 8.09. The average Bonchev–Trinajstić information content (AvgIpc) is 2.85. The number of carboxylic acid groups (broad SMARTS) is 1. The van der Waals surface area contributed by atoms with Crippen molar-refractivity contribution in [3.8, 4) is 22.6 Å². The zero-order valence-electron chi connectivity index (χ0n) is 18.5. The summed E-state index contributed by atoms with van der Waals surface area (Å²) in [6.07, 6.45) is 2.57. The molecule has 1 heterocycles. The van der Waals surface area contributed by atoms with Crippen molar-refractivity contribution < 1.29 is 19.4 Å². The molecular weight excluding hydrogens is 402 g/mol. The predicted octanol–water partition coefficient (Wildman–Crippen LogP) is 5.40. The lowest BCUT2D eigenvalue weighted by Crippen LogP contribution is -2.46. The third-order valence-electron chi connectivity index (χ3n) is 6.22. The van der Waals surface area contributed by atoms with E-state index in [4.69, 9.17) is 9.47 Å². The summed E-state index contributed by atoms with van der Waals surface area (Å²) in [5, 5.41) is 9.94. The minimum atomic E-state index is -0.768. The number of carboxylic acids is 1. The van der Waals surface area contributed by atoms with Crippen LogP contribution >= 0.6 is 0 Å². The molecule has 3 aromatic rings. The maximum absolute atomic E-state index is 12.1. The Kier molecular flexibility index (Phi) is 6.76. The Balaban J connectivity index is 1.78. The van der Waals surface area contributed by atoms with Crippen LogP contribution in [0.1, 0.15) is 36.4 Å². The molecule has 0 bridgehead atoms. The predicted molar refractivity (Wildman–Crippen MR) is 125 cm³/mol. The zero-order valence-corrected chi connectivity index (χ0v) is 18.5. The smallest absolute Gasteiger partial charge is 0.320 e. The van der Waals surface area contributed by atoms with Gasteiger partial charge in [-0.2, -0.15) is 0 Å². The Labute approximate surface area is 189 Å². The largest absolute Gasteiger partial charge is 0.493 e. The average molecular weight is 432 g/mol. The van der Waals surface area contributed by atoms with Gasteiger partial charge < -0.3 is 14.6 Å². The van der Waals surface area contributed by atoms with E-state index in [1.165, 1.54) is 0 Å². The number of piperidine rings is 1. The van der Waals surface area contributed by atoms with Gasteiger partial charge >= 0.3 is 5.97 Å². The standard InChI is InChI=1S/C27H29NO4/c1-31-24-16-15-22(18-25(24)32-2)26(28-17-7-6-10-23(28)27(29)30)21-13-11-20(12-14-21)19-8-4-3-5-9-19/h3-5,8-9,11-16,18,23,26H,6-7,10,17H2,1-2H3,(H,29,30). The first-order chi connectivity index (χ1) is 15.6. The summed E-state index contributed by atoms with van der Waals surface area (Å²) in [6, 6.07) is 23.8. The minimum absolute atomic E-state index is 0.193. The summed E-state index contributed by atoms with van der Waals surface area (Å²) in [4.78, 5) is 14.2. The normalized spacial score (nSPS) is 17.5. The number of methoxy groups -OCH3 is 2. The van der Waals surface area contributed by atoms with Crippen molar-refractivity contribution in [1.82, 2.24) is 4.90 Å². The molecule has 32 heavy (non-hydrogen) atoms. The number of aliphatic carboxylic acids is 1. The van der Waals surface area contributed by atoms with E-state index in [0.29, 0.717) is 17.9 Å². The summed E-state index contributed by atoms with van der Waals surface area (Å²) in [5.74, 6) is 0.527. The van der Waals surface area contributed by atoms with Gasteiger partial charge in [-0.15, -0.1) is 0 Å². The van der Waals surface area contributed by atoms with Crippen LogP contribution in [0.4, 0.5) is 0 Å². The van der Waals surface area contributed by atoms with Crippen molar-refractivity contribution in [2.75, 3.05) is 20.8 Å². The summed E-state index contributed by atoms with van der Waals surface area (Å²) in [7, 11) is 3.23. The molecule has 1 saturated heterocycles. The molecule has 166 valence electrons. The molecule has 1 N–H and O–H groups in total. The molecule has 1 aliphatic heterocycles. The third-order valence-corrected chi connectivity index (χ3v) is 6.22. The van der Waals surface area contributed by atoms with Gasteiger partial charge in [-0.25, -0.2) is 0 Å². The van der Waals surface area contributed by atoms with E-state index >= 15 is 0 Å². The van der Waals surface area contributed by atoms with E-state index in [0.717, 1.165) is 41.6 Å². The summed E-state index contributed by atoms with van der Waals surface area (Å²) in [6.45, 7) is 0.733. The lowest BCUT2D eigenvalue weighted by molar-refractivity contribution is -0.145. The molecule has 1 fully saturated rings. The Morgan fingerprint density at radius 2 is 1.53 bits per heavy atom. The molecule has 0 radical (unpaired) electrons. The molecule has 2 atom stereocenters. The monoisotopic (exact) mass is 431 g/mol. The summed E-state index contributed by atoms with van der Waals surface area (Å²) < 4.78 is 11.0. The number of nitrogens with zero attached hydrogens (tertiary/aromatic N) is 1. The maximum Gasteiger partial charge on any atom is 0.320 e. The molecule has 0 amide bonds. The van der Waals surface area contributed by atoms with E-state index in [2.05, 4.69) is 41.3 Å². The molecule has 3 aromatic carbocycles. The first-order valence-corrected chi connectivity index (χ1v) is 11.0. The van der Waals surface area contributed by atoms with Crippen LogP contribution in [0.15, 0.2) is 72.8 Å². The van der Waals surface area contributed by atoms with E-state index in [9.17, 15) is 9.90 Å². The Hall–Kier alpha value is -3.31. The second kappa shape index (κ2) is 9.88. The van der Waals surface area contributed by atoms with Gasteiger partial charge in [-0.3, -0.25) is 9.69 Å². The molecule has 0 aliphatic carbocycles. The Bertz CT molecular complexity index is 1050. The number of hydrogen-bond acceptors (Lipinski definition) is 4. The molecule has 4 rings (SSSR count). The molecule has 0 aromatic heterocycles. The van der Waals surface area contributed by atoms with Crippen LogP contribution in [0.3, 0.4) is 0 Å². The van der Waals surface area contributed by atoms with Crippen molar-refractivity contribution in [2.45, 2.75) is 31.3 Å². The van der Waals surface area contributed by atoms with Gasteiger partial charge in [0.2, 0.25) is 0 Å². The topological polar surface area (TPSA) is 59.0 Å². The number of ether oxygens (including phenoxy) is 2. The zero-order chi connectivity index (χ0) is 22.5. The molecule has 0 saturated carbocycles. The van der Waals surface area contributed by atoms with Gasteiger partial charge in [-0.1, -0.05) is 67.1 Å². The third kappa shape index (κ3) is 4.48. The van der Waals surface area contributed by atoms with Crippen molar-refractivity contribution >= 4 is 5.97 Å². The fourth-order valence-electron chi connectivity index (χ4n) is 4.61. The van der Waals surface area contributed by atoms with E-state index < -0.39 is 12.0 Å². The Morgan fingerprint density at radius 1 is 0.875 bits per heavy atom. The Morgan fingerprint density at radius 3 is 2.19 bits per heavy atom. The molecule has 2 unspecified atom stereocenters. The van der Waals surface area contributed by atoms with Gasteiger partial charge in [0.1, 0.15) is 6.04 Å². The fraction of sp³-hybridized carbons (Fsp3) is 0.296. The number of carbonyl (C=O) groups is 1. The van der Waals surface area contributed by atoms with Crippen molar-refractivity contribution in [3.05, 3.63) is 83.9 Å². The first-order valence-electron chi connectivity index (χ1n) is 11.0. The van der Waals surface area contributed by atoms with Crippen LogP contribution in [0.25, 0.3) is 11.1 Å². The van der Waals surface area contributed by atoms with Gasteiger partial charge in [0.15, 0.2) is 11.5 Å². The van der Waals surface area contributed by atoms with Crippen LogP contribution in [0, 0.1) is 0 Å². The van der Waals surface area contributed by atoms with Crippen molar-refractivity contribution in [2.24, 2.45) is 0 Å². The van der Waals surface area contributed by atoms with Crippen molar-refractivity contribution in [3.63, 3.8) is 0 Å². The number of likely N-dealkylation sites (tertiary alicyclic amines) is 1. The van der Waals surface area contributed by atoms with Gasteiger partial charge in [-0.05, 0) is 53.8 Å². The lowest BCUT2D eigenvalue weighted by atomic mass is 9.90. The first kappa shape index (κ1) is 21.9. The molecule has 1 aliphatic rings. The highest BCUT2D eigenvalue weighted by atomic mass is 16.5. The maximum atomic E-state index is 12.1. The van der Waals surface area contributed by atoms with Crippen LogP contribution in [-0.2, 0) is 4.79 Å². The molecule has 0 spiro atoms. The van der Waals surface area contributed by atoms with E-state index in [1.54, 1.807) is 14.2 Å². The van der Waals surface area contributed by atoms with Crippen molar-refractivity contribution in [1.29, 1.82) is 0 Å². The number of rotatable bonds is 7. The number of benzene rings is 3. The second-order valence-corrected chi connectivity index (χ2v) is 8.09. The van der Waals surface area contributed by atoms with Crippen LogP contribution in [0.2, 0.25) is 0 Å². The van der Waals surface area contributed by atoms with Crippen LogP contribution in [-0.4, -0.2) is 42.8 Å². The molecule has 5 nitrogen and oxygen atoms in total. The van der Waals surface area contributed by atoms with Gasteiger partial charge in [0.25, 0.3) is 0 Å². The summed E-state index contributed by atoms with van der Waals surface area (Å²) in [5.41, 5.74) is 4.34. The van der Waals surface area contributed by atoms with Crippen LogP contribution in [0.5, 0.6) is 11.5 Å². The highest BCUT2D eigenvalue weighted by Gasteiger charge is 2.35. The number of hydrogen-bond donors (Lipinski definition) is 1. The lowest BCUT2D eigenvalue weighted by Gasteiger charge is -2.39. The van der Waals surface area contributed by atoms with Crippen LogP contribution < -0.4 is 9.47 Å². The van der Waals surface area contributed by atoms with E-state index in [1.807, 2.05) is 36.4 Å². The molecule has 5 heteroatoms. The van der Waals surface area contributed by atoms with E-state index in [-0.39, 0.29) is 6.04 Å². The van der Waals surface area contributed by atoms with Gasteiger partial charge in [0, 0.05) is 0 Å². The molecular formula is C27H29NO4. The quantitative estimate of drug-likeness (QED) is 0.543. The summed E-state index contributed by atoms with van der Waals surface area (Å²) >= 11 is 0. The van der Waals surface area contributed by atoms with Gasteiger partial charge in [0.05, 0.1) is 20.3 Å².